The number of hydrogen-bond donors (Lipinski definition) is 0. The van der Waals surface area contributed by atoms with Crippen LogP contribution < -0.4 is 0 Å². The normalized spacial score (nSPS) is 21.3. The van der Waals surface area contributed by atoms with E-state index in [1.807, 2.05) is 0 Å². The van der Waals surface area contributed by atoms with Gasteiger partial charge in [0.05, 0.1) is 0 Å². The summed E-state index contributed by atoms with van der Waals surface area (Å²) >= 11 is 0. The van der Waals surface area contributed by atoms with Crippen LogP contribution in [0.2, 0.25) is 0 Å². The molecule has 1 aliphatic rings. The molecule has 1 aliphatic heterocycles. The van der Waals surface area contributed by atoms with Crippen LogP contribution in [0, 0.1) is 0 Å². The van der Waals surface area contributed by atoms with Crippen LogP contribution in [0.15, 0.2) is 0 Å². The van der Waals surface area contributed by atoms with Gasteiger partial charge < -0.3 is 4.37 Å². The molecule has 0 aromatic heterocycles. The van der Waals surface area contributed by atoms with E-state index in [9.17, 15) is 4.79 Å². The lowest BCUT2D eigenvalue weighted by molar-refractivity contribution is -0.166. The third kappa shape index (κ3) is 0.734. The van der Waals surface area contributed by atoms with Crippen LogP contribution in [-0.2, 0) is 9.16 Å². The molecule has 1 saturated heterocycles. The summed E-state index contributed by atoms with van der Waals surface area (Å²) in [6.07, 6.45) is 1.74. The Morgan fingerprint density at radius 1 is 1.71 bits per heavy atom. The van der Waals surface area contributed by atoms with Gasteiger partial charge in [0, 0.05) is 11.2 Å². The molecule has 1 fully saturated rings. The van der Waals surface area contributed by atoms with Gasteiger partial charge in [-0.2, -0.15) is 0 Å². The molecule has 0 unspecified atom stereocenters. The van der Waals surface area contributed by atoms with E-state index in [-0.39, 0.29) is 5.97 Å². The first-order valence-corrected chi connectivity index (χ1v) is 2.46. The number of carbonyl (C=O) groups is 1. The van der Waals surface area contributed by atoms with Gasteiger partial charge in [-0.1, -0.05) is 0 Å². The Balaban J connectivity index is 2.48. The molecular weight excluding hydrogens is 92.1 g/mol. The molecule has 0 N–H and O–H groups in total. The zero-order valence-corrected chi connectivity index (χ0v) is 4.44. The molecule has 0 amide bonds. The Morgan fingerprint density at radius 2 is 2.43 bits per heavy atom. The molecule has 0 spiro atoms. The average molecular weight is 101 g/mol. The van der Waals surface area contributed by atoms with E-state index < -0.39 is 0 Å². The quantitative estimate of drug-likeness (QED) is 0.321. The fraction of sp³-hybridized carbons (Fsp3) is 0.800. The summed E-state index contributed by atoms with van der Waals surface area (Å²) in [6, 6.07) is 0. The third-order valence-corrected chi connectivity index (χ3v) is 1.22. The minimum atomic E-state index is 0.208. The highest BCUT2D eigenvalue weighted by molar-refractivity contribution is 5.72. The minimum Gasteiger partial charge on any atom is -0.547 e. The van der Waals surface area contributed by atoms with E-state index in [2.05, 4.69) is 4.37 Å². The van der Waals surface area contributed by atoms with Gasteiger partial charge in [-0.25, -0.2) is 0 Å². The van der Waals surface area contributed by atoms with E-state index in [0.717, 1.165) is 19.4 Å². The second-order valence-corrected chi connectivity index (χ2v) is 1.82. The molecule has 0 aliphatic carbocycles. The van der Waals surface area contributed by atoms with E-state index in [0.29, 0.717) is 0 Å². The van der Waals surface area contributed by atoms with Gasteiger partial charge in [-0.15, -0.1) is 0 Å². The van der Waals surface area contributed by atoms with Crippen molar-refractivity contribution in [3.63, 3.8) is 0 Å². The van der Waals surface area contributed by atoms with Crippen molar-refractivity contribution in [3.05, 3.63) is 0 Å². The highest BCUT2D eigenvalue weighted by Crippen LogP contribution is 2.09. The van der Waals surface area contributed by atoms with E-state index in [4.69, 9.17) is 0 Å². The lowest BCUT2D eigenvalue weighted by Crippen LogP contribution is -2.07. The zero-order chi connectivity index (χ0) is 5.28. The monoisotopic (exact) mass is 101 g/mol. The second kappa shape index (κ2) is 1.52. The van der Waals surface area contributed by atoms with Crippen molar-refractivity contribution in [3.8, 4) is 0 Å². The summed E-state index contributed by atoms with van der Waals surface area (Å²) in [5.41, 5.74) is 0. The molecule has 1 rings (SSSR count). The predicted octanol–water partition coefficient (Wildman–Crippen LogP) is 0.489. The molecule has 40 valence electrons. The molecule has 0 bridgehead atoms. The molecule has 1 heterocycles. The van der Waals surface area contributed by atoms with Gasteiger partial charge >= 0.3 is 5.97 Å². The van der Waals surface area contributed by atoms with Crippen molar-refractivity contribution < 1.29 is 9.16 Å². The van der Waals surface area contributed by atoms with Gasteiger partial charge in [0.15, 0.2) is 0 Å². The van der Waals surface area contributed by atoms with Crippen LogP contribution >= 0.6 is 0 Å². The third-order valence-electron chi connectivity index (χ3n) is 1.22. The SMILES string of the molecule is C[O+]1CCCC1=O. The maximum absolute atomic E-state index is 10.5. The Bertz CT molecular complexity index is 88.1. The molecule has 7 heavy (non-hydrogen) atoms. The lowest BCUT2D eigenvalue weighted by atomic mass is 10.4. The van der Waals surface area contributed by atoms with Gasteiger partial charge in [0.1, 0.15) is 20.1 Å². The topological polar surface area (TPSA) is 19.8 Å². The molecule has 0 aromatic carbocycles. The number of carbonyl (C=O) groups excluding carboxylic acids is 1. The Hall–Kier alpha value is -0.530. The summed E-state index contributed by atoms with van der Waals surface area (Å²) in [4.78, 5) is 10.5. The Kier molecular flexibility index (Phi) is 1.01. The van der Waals surface area contributed by atoms with E-state index in [1.165, 1.54) is 0 Å². The average Bonchev–Trinajstić information content (AvgIpc) is 1.91. The molecule has 0 radical (unpaired) electrons. The standard InChI is InChI=1S/C5H9O2/c1-7-4-2-3-5(7)6/h2-4H2,1H3/q+1. The smallest absolute Gasteiger partial charge is 0.518 e. The molecule has 0 atom stereocenters. The minimum absolute atomic E-state index is 0.208. The number of hydrogen-bond acceptors (Lipinski definition) is 1. The largest absolute Gasteiger partial charge is 0.547 e. The van der Waals surface area contributed by atoms with Crippen molar-refractivity contribution in [2.45, 2.75) is 12.8 Å². The summed E-state index contributed by atoms with van der Waals surface area (Å²) < 4.78 is 2.46. The van der Waals surface area contributed by atoms with E-state index in [1.54, 1.807) is 7.11 Å². The van der Waals surface area contributed by atoms with Crippen LogP contribution in [0.5, 0.6) is 0 Å². The molecular formula is C5H9O2+. The Morgan fingerprint density at radius 3 is 2.57 bits per heavy atom. The molecule has 2 heteroatoms. The van der Waals surface area contributed by atoms with Gasteiger partial charge in [0.2, 0.25) is 0 Å². The fourth-order valence-corrected chi connectivity index (χ4v) is 0.721. The summed E-state index contributed by atoms with van der Waals surface area (Å²) in [7, 11) is 1.76. The fourth-order valence-electron chi connectivity index (χ4n) is 0.721. The van der Waals surface area contributed by atoms with Crippen LogP contribution in [0.25, 0.3) is 0 Å². The Labute approximate surface area is 42.8 Å². The van der Waals surface area contributed by atoms with Crippen LogP contribution in [-0.4, -0.2) is 19.7 Å². The molecule has 0 aromatic rings. The number of rotatable bonds is 0. The highest BCUT2D eigenvalue weighted by atomic mass is 16.7. The van der Waals surface area contributed by atoms with Crippen molar-refractivity contribution >= 4 is 5.97 Å². The van der Waals surface area contributed by atoms with Crippen molar-refractivity contribution in [1.29, 1.82) is 0 Å². The predicted molar refractivity (Wildman–Crippen MR) is 26.1 cm³/mol. The van der Waals surface area contributed by atoms with Crippen molar-refractivity contribution in [1.82, 2.24) is 0 Å². The highest BCUT2D eigenvalue weighted by Gasteiger charge is 2.23. The van der Waals surface area contributed by atoms with Crippen LogP contribution in [0.4, 0.5) is 0 Å². The summed E-state index contributed by atoms with van der Waals surface area (Å²) in [6.45, 7) is 0.874. The van der Waals surface area contributed by atoms with Gasteiger partial charge in [-0.05, 0) is 0 Å². The van der Waals surface area contributed by atoms with E-state index >= 15 is 0 Å². The maximum atomic E-state index is 10.5. The molecule has 2 nitrogen and oxygen atoms in total. The summed E-state index contributed by atoms with van der Waals surface area (Å²) in [5.74, 6) is 0.208. The zero-order valence-electron chi connectivity index (χ0n) is 4.44. The maximum Gasteiger partial charge on any atom is 0.518 e. The molecule has 0 saturated carbocycles. The number of cyclic esters (lactones) is 1. The van der Waals surface area contributed by atoms with Crippen molar-refractivity contribution in [2.75, 3.05) is 13.7 Å². The lowest BCUT2D eigenvalue weighted by Gasteiger charge is -2.05. The second-order valence-electron chi connectivity index (χ2n) is 1.82. The van der Waals surface area contributed by atoms with Crippen LogP contribution in [0.3, 0.4) is 0 Å². The first-order valence-electron chi connectivity index (χ1n) is 2.46. The van der Waals surface area contributed by atoms with Gasteiger partial charge in [0.25, 0.3) is 0 Å². The van der Waals surface area contributed by atoms with Crippen LogP contribution in [0.1, 0.15) is 12.8 Å². The first kappa shape index (κ1) is 4.62. The summed E-state index contributed by atoms with van der Waals surface area (Å²) in [5, 5.41) is 0. The van der Waals surface area contributed by atoms with Gasteiger partial charge in [-0.3, -0.25) is 0 Å². The van der Waals surface area contributed by atoms with Crippen molar-refractivity contribution in [2.24, 2.45) is 0 Å². The first-order chi connectivity index (χ1) is 3.30.